The van der Waals surface area contributed by atoms with Gasteiger partial charge in [-0.15, -0.1) is 0 Å². The van der Waals surface area contributed by atoms with Crippen molar-refractivity contribution in [3.8, 4) is 66.8 Å². The number of para-hydroxylation sites is 1. The number of rotatable bonds is 4. The second-order valence-corrected chi connectivity index (χ2v) is 12.6. The Hall–Kier alpha value is -6.31. The van der Waals surface area contributed by atoms with Gasteiger partial charge in [-0.25, -0.2) is 0 Å². The predicted molar refractivity (Wildman–Crippen MR) is 203 cm³/mol. The van der Waals surface area contributed by atoms with Crippen molar-refractivity contribution in [1.29, 1.82) is 0 Å². The van der Waals surface area contributed by atoms with Gasteiger partial charge in [0.1, 0.15) is 0 Å². The van der Waals surface area contributed by atoms with Crippen LogP contribution in [0, 0.1) is 0 Å². The maximum absolute atomic E-state index is 4.93. The molecular weight excluding hydrogens is 579 g/mol. The van der Waals surface area contributed by atoms with Gasteiger partial charge in [0.2, 0.25) is 0 Å². The third-order valence-corrected chi connectivity index (χ3v) is 10.1. The summed E-state index contributed by atoms with van der Waals surface area (Å²) in [5.41, 5.74) is 16.1. The molecule has 0 amide bonds. The zero-order valence-electron chi connectivity index (χ0n) is 26.2. The van der Waals surface area contributed by atoms with E-state index in [2.05, 4.69) is 170 Å². The van der Waals surface area contributed by atoms with Crippen molar-refractivity contribution >= 4 is 32.4 Å². The maximum atomic E-state index is 4.93. The number of hydrogen-bond donors (Lipinski definition) is 0. The summed E-state index contributed by atoms with van der Waals surface area (Å²) in [6.45, 7) is 0. The van der Waals surface area contributed by atoms with Crippen molar-refractivity contribution in [2.45, 2.75) is 0 Å². The number of pyridine rings is 1. The number of fused-ring (bicyclic) bond motifs is 5. The summed E-state index contributed by atoms with van der Waals surface area (Å²) in [5, 5.41) is 6.30. The van der Waals surface area contributed by atoms with Crippen molar-refractivity contribution in [3.05, 3.63) is 176 Å². The second-order valence-electron chi connectivity index (χ2n) is 12.6. The fraction of sp³-hybridized carbons (Fsp3) is 0. The Morgan fingerprint density at radius 1 is 0.271 bits per heavy atom. The van der Waals surface area contributed by atoms with E-state index in [1.165, 1.54) is 82.7 Å². The van der Waals surface area contributed by atoms with Gasteiger partial charge in [0.25, 0.3) is 0 Å². The van der Waals surface area contributed by atoms with Crippen LogP contribution >= 0.6 is 0 Å². The average molecular weight is 608 g/mol. The van der Waals surface area contributed by atoms with E-state index in [-0.39, 0.29) is 0 Å². The topological polar surface area (TPSA) is 12.9 Å². The molecule has 0 N–H and O–H groups in total. The fourth-order valence-corrected chi connectivity index (χ4v) is 8.11. The predicted octanol–water partition coefficient (Wildman–Crippen LogP) is 12.9. The normalized spacial score (nSPS) is 11.8. The van der Waals surface area contributed by atoms with Gasteiger partial charge >= 0.3 is 0 Å². The van der Waals surface area contributed by atoms with E-state index in [1.807, 2.05) is 6.20 Å². The summed E-state index contributed by atoms with van der Waals surface area (Å²) in [6, 6.07) is 61.7. The third kappa shape index (κ3) is 3.88. The van der Waals surface area contributed by atoms with Crippen LogP contribution in [0.15, 0.2) is 176 Å². The van der Waals surface area contributed by atoms with Gasteiger partial charge in [-0.1, -0.05) is 164 Å². The Morgan fingerprint density at radius 3 is 1.35 bits per heavy atom. The molecule has 0 saturated carbocycles. The first-order valence-electron chi connectivity index (χ1n) is 16.6. The van der Waals surface area contributed by atoms with E-state index in [4.69, 9.17) is 4.98 Å². The fourth-order valence-electron chi connectivity index (χ4n) is 8.11. The van der Waals surface area contributed by atoms with Gasteiger partial charge in [0.15, 0.2) is 0 Å². The summed E-state index contributed by atoms with van der Waals surface area (Å²) in [5.74, 6) is 0. The first kappa shape index (κ1) is 26.9. The number of benzene rings is 8. The smallest absolute Gasteiger partial charge is 0.0786 e. The molecule has 0 fully saturated rings. The molecule has 0 atom stereocenters. The quantitative estimate of drug-likeness (QED) is 0.194. The van der Waals surface area contributed by atoms with Gasteiger partial charge in [-0.05, 0) is 88.8 Å². The molecule has 0 spiro atoms. The van der Waals surface area contributed by atoms with Gasteiger partial charge in [-0.3, -0.25) is 4.98 Å². The lowest BCUT2D eigenvalue weighted by molar-refractivity contribution is 1.41. The highest BCUT2D eigenvalue weighted by Gasteiger charge is 2.31. The molecule has 10 rings (SSSR count). The molecule has 0 bridgehead atoms. The lowest BCUT2D eigenvalue weighted by Gasteiger charge is -2.20. The van der Waals surface area contributed by atoms with Crippen molar-refractivity contribution < 1.29 is 0 Å². The zero-order valence-corrected chi connectivity index (χ0v) is 26.2. The molecule has 1 aliphatic carbocycles. The number of hydrogen-bond acceptors (Lipinski definition) is 1. The second kappa shape index (κ2) is 10.6. The molecule has 222 valence electrons. The minimum Gasteiger partial charge on any atom is -0.256 e. The number of aromatic nitrogens is 1. The summed E-state index contributed by atoms with van der Waals surface area (Å²) >= 11 is 0. The zero-order chi connectivity index (χ0) is 31.6. The molecule has 9 aromatic rings. The van der Waals surface area contributed by atoms with Crippen LogP contribution in [0.2, 0.25) is 0 Å². The summed E-state index contributed by atoms with van der Waals surface area (Å²) in [7, 11) is 0. The Morgan fingerprint density at radius 2 is 0.729 bits per heavy atom. The van der Waals surface area contributed by atoms with Crippen molar-refractivity contribution in [2.75, 3.05) is 0 Å². The van der Waals surface area contributed by atoms with Crippen LogP contribution in [0.25, 0.3) is 99.2 Å². The monoisotopic (exact) mass is 607 g/mol. The van der Waals surface area contributed by atoms with Crippen LogP contribution in [0.5, 0.6) is 0 Å². The number of nitrogens with zero attached hydrogens (tertiary/aromatic N) is 1. The maximum Gasteiger partial charge on any atom is 0.0786 e. The highest BCUT2D eigenvalue weighted by atomic mass is 14.7. The molecule has 1 heterocycles. The van der Waals surface area contributed by atoms with Crippen molar-refractivity contribution in [2.24, 2.45) is 0 Å². The molecule has 0 radical (unpaired) electrons. The molecule has 48 heavy (non-hydrogen) atoms. The van der Waals surface area contributed by atoms with E-state index in [1.54, 1.807) is 0 Å². The molecular formula is C47H29N. The summed E-state index contributed by atoms with van der Waals surface area (Å²) < 4.78 is 0. The lowest BCUT2D eigenvalue weighted by Crippen LogP contribution is -1.93. The standard InChI is InChI=1S/C47H29N/c1-4-14-30(15-5-1)33-22-12-24-39-35(28-29-48-47(33)39)34-26-27-41-44-36(34)23-13-25-40(44)45-42(31-16-6-2-7-17-31)37-20-10-11-21-38(37)43(46(41)45)32-18-8-3-9-19-32/h1-29H. The summed E-state index contributed by atoms with van der Waals surface area (Å²) in [6.07, 6.45) is 1.97. The SMILES string of the molecule is c1ccc(-c2c3c(c(-c4ccccc4)c4ccccc24)-c2ccc(-c4ccnc5c(-c6ccccc6)cccc45)c4cccc-3c24)cc1. The average Bonchev–Trinajstić information content (AvgIpc) is 3.49. The molecule has 1 aliphatic rings. The molecule has 8 aromatic carbocycles. The van der Waals surface area contributed by atoms with Gasteiger partial charge in [0, 0.05) is 17.1 Å². The van der Waals surface area contributed by atoms with Crippen LogP contribution in [-0.4, -0.2) is 4.98 Å². The van der Waals surface area contributed by atoms with Crippen molar-refractivity contribution in [3.63, 3.8) is 0 Å². The van der Waals surface area contributed by atoms with E-state index < -0.39 is 0 Å². The van der Waals surface area contributed by atoms with Crippen LogP contribution < -0.4 is 0 Å². The van der Waals surface area contributed by atoms with E-state index in [0.29, 0.717) is 0 Å². The Bertz CT molecular complexity index is 2600. The van der Waals surface area contributed by atoms with Crippen LogP contribution in [0.4, 0.5) is 0 Å². The van der Waals surface area contributed by atoms with Gasteiger partial charge < -0.3 is 0 Å². The van der Waals surface area contributed by atoms with Crippen LogP contribution in [-0.2, 0) is 0 Å². The van der Waals surface area contributed by atoms with E-state index >= 15 is 0 Å². The molecule has 1 heteroatoms. The largest absolute Gasteiger partial charge is 0.256 e. The summed E-state index contributed by atoms with van der Waals surface area (Å²) in [4.78, 5) is 4.93. The minimum atomic E-state index is 1.02. The molecule has 0 unspecified atom stereocenters. The molecule has 0 aliphatic heterocycles. The molecule has 1 nitrogen and oxygen atoms in total. The van der Waals surface area contributed by atoms with Gasteiger partial charge in [-0.2, -0.15) is 0 Å². The lowest BCUT2D eigenvalue weighted by atomic mass is 9.82. The Balaban J connectivity index is 1.31. The first-order valence-corrected chi connectivity index (χ1v) is 16.6. The minimum absolute atomic E-state index is 1.02. The van der Waals surface area contributed by atoms with Gasteiger partial charge in [0.05, 0.1) is 5.52 Å². The highest BCUT2D eigenvalue weighted by molar-refractivity contribution is 6.29. The first-order chi connectivity index (χ1) is 23.9. The Labute approximate surface area is 279 Å². The van der Waals surface area contributed by atoms with Crippen LogP contribution in [0.3, 0.4) is 0 Å². The van der Waals surface area contributed by atoms with Crippen LogP contribution in [0.1, 0.15) is 0 Å². The molecule has 0 saturated heterocycles. The molecule has 1 aromatic heterocycles. The van der Waals surface area contributed by atoms with Crippen molar-refractivity contribution in [1.82, 2.24) is 4.98 Å². The third-order valence-electron chi connectivity index (χ3n) is 10.1. The van der Waals surface area contributed by atoms with E-state index in [9.17, 15) is 0 Å². The Kier molecular flexibility index (Phi) is 5.94. The highest BCUT2D eigenvalue weighted by Crippen LogP contribution is 2.58. The van der Waals surface area contributed by atoms with E-state index in [0.717, 1.165) is 16.5 Å².